The van der Waals surface area contributed by atoms with E-state index in [2.05, 4.69) is 10.1 Å². The van der Waals surface area contributed by atoms with Crippen molar-refractivity contribution in [2.75, 3.05) is 0 Å². The molecule has 0 bridgehead atoms. The second-order valence-corrected chi connectivity index (χ2v) is 3.13. The van der Waals surface area contributed by atoms with Gasteiger partial charge in [-0.05, 0) is 12.1 Å². The molecular weight excluding hydrogens is 213 g/mol. The van der Waals surface area contributed by atoms with Crippen molar-refractivity contribution in [2.45, 2.75) is 6.42 Å². The molecule has 0 aliphatic carbocycles. The summed E-state index contributed by atoms with van der Waals surface area (Å²) in [6, 6.07) is 6.06. The Morgan fingerprint density at radius 1 is 1.44 bits per heavy atom. The van der Waals surface area contributed by atoms with Crippen LogP contribution in [0.25, 0.3) is 5.69 Å². The van der Waals surface area contributed by atoms with Gasteiger partial charge in [-0.25, -0.2) is 14.1 Å². The first-order valence-corrected chi connectivity index (χ1v) is 4.54. The summed E-state index contributed by atoms with van der Waals surface area (Å²) >= 11 is 0. The van der Waals surface area contributed by atoms with E-state index < -0.39 is 11.8 Å². The molecule has 2 aromatic rings. The number of carboxylic acid groups (broad SMARTS) is 1. The van der Waals surface area contributed by atoms with Gasteiger partial charge in [-0.3, -0.25) is 4.79 Å². The number of carbonyl (C=O) groups is 1. The summed E-state index contributed by atoms with van der Waals surface area (Å²) in [5.41, 5.74) is 0.242. The van der Waals surface area contributed by atoms with Crippen LogP contribution in [-0.2, 0) is 11.2 Å². The van der Waals surface area contributed by atoms with Crippen molar-refractivity contribution in [1.29, 1.82) is 0 Å². The van der Waals surface area contributed by atoms with Crippen LogP contribution in [-0.4, -0.2) is 25.8 Å². The molecule has 1 aromatic heterocycles. The SMILES string of the molecule is O=C(O)Cc1ncn(-c2ccccc2F)n1. The molecule has 0 aliphatic heterocycles. The lowest BCUT2D eigenvalue weighted by Gasteiger charge is -2.00. The Morgan fingerprint density at radius 2 is 2.19 bits per heavy atom. The molecule has 0 spiro atoms. The molecule has 0 fully saturated rings. The number of para-hydroxylation sites is 1. The zero-order valence-electron chi connectivity index (χ0n) is 8.17. The second-order valence-electron chi connectivity index (χ2n) is 3.13. The fourth-order valence-corrected chi connectivity index (χ4v) is 1.27. The minimum Gasteiger partial charge on any atom is -0.481 e. The molecule has 16 heavy (non-hydrogen) atoms. The van der Waals surface area contributed by atoms with Crippen molar-refractivity contribution in [2.24, 2.45) is 0 Å². The number of aromatic nitrogens is 3. The molecule has 0 saturated carbocycles. The van der Waals surface area contributed by atoms with Gasteiger partial charge >= 0.3 is 5.97 Å². The molecule has 1 aromatic carbocycles. The highest BCUT2D eigenvalue weighted by atomic mass is 19.1. The summed E-state index contributed by atoms with van der Waals surface area (Å²) in [6.45, 7) is 0. The molecule has 1 heterocycles. The molecule has 0 unspecified atom stereocenters. The maximum absolute atomic E-state index is 13.3. The third-order valence-electron chi connectivity index (χ3n) is 1.95. The van der Waals surface area contributed by atoms with Gasteiger partial charge in [0.1, 0.15) is 24.3 Å². The van der Waals surface area contributed by atoms with Crippen LogP contribution in [0.3, 0.4) is 0 Å². The van der Waals surface area contributed by atoms with Gasteiger partial charge in [0.2, 0.25) is 0 Å². The van der Waals surface area contributed by atoms with Gasteiger partial charge in [0.05, 0.1) is 0 Å². The monoisotopic (exact) mass is 221 g/mol. The van der Waals surface area contributed by atoms with E-state index in [1.54, 1.807) is 12.1 Å². The first-order chi connectivity index (χ1) is 7.66. The van der Waals surface area contributed by atoms with Crippen molar-refractivity contribution in [3.8, 4) is 5.69 Å². The molecule has 0 amide bonds. The summed E-state index contributed by atoms with van der Waals surface area (Å²) in [5, 5.41) is 12.4. The van der Waals surface area contributed by atoms with Crippen molar-refractivity contribution in [1.82, 2.24) is 14.8 Å². The van der Waals surface area contributed by atoms with Gasteiger partial charge in [0.25, 0.3) is 0 Å². The highest BCUT2D eigenvalue weighted by molar-refractivity contribution is 5.68. The van der Waals surface area contributed by atoms with Crippen LogP contribution in [0, 0.1) is 5.82 Å². The summed E-state index contributed by atoms with van der Waals surface area (Å²) < 4.78 is 14.6. The summed E-state index contributed by atoms with van der Waals surface area (Å²) in [4.78, 5) is 14.2. The van der Waals surface area contributed by atoms with Crippen LogP contribution in [0.1, 0.15) is 5.82 Å². The molecule has 0 aliphatic rings. The van der Waals surface area contributed by atoms with Crippen molar-refractivity contribution < 1.29 is 14.3 Å². The van der Waals surface area contributed by atoms with Gasteiger partial charge in [0, 0.05) is 0 Å². The molecule has 0 saturated heterocycles. The average molecular weight is 221 g/mol. The third kappa shape index (κ3) is 2.05. The fraction of sp³-hybridized carbons (Fsp3) is 0.100. The highest BCUT2D eigenvalue weighted by Crippen LogP contribution is 2.10. The lowest BCUT2D eigenvalue weighted by molar-refractivity contribution is -0.136. The van der Waals surface area contributed by atoms with E-state index in [0.29, 0.717) is 0 Å². The maximum Gasteiger partial charge on any atom is 0.311 e. The van der Waals surface area contributed by atoms with Crippen molar-refractivity contribution in [3.63, 3.8) is 0 Å². The fourth-order valence-electron chi connectivity index (χ4n) is 1.27. The Balaban J connectivity index is 2.32. The Kier molecular flexibility index (Phi) is 2.63. The van der Waals surface area contributed by atoms with E-state index in [4.69, 9.17) is 5.11 Å². The summed E-state index contributed by atoms with van der Waals surface area (Å²) in [5.74, 6) is -1.31. The quantitative estimate of drug-likeness (QED) is 0.840. The van der Waals surface area contributed by atoms with E-state index in [1.165, 1.54) is 23.1 Å². The van der Waals surface area contributed by atoms with Crippen LogP contribution in [0.2, 0.25) is 0 Å². The van der Waals surface area contributed by atoms with E-state index in [9.17, 15) is 9.18 Å². The number of halogens is 1. The van der Waals surface area contributed by atoms with Crippen LogP contribution in [0.15, 0.2) is 30.6 Å². The van der Waals surface area contributed by atoms with Crippen LogP contribution < -0.4 is 0 Å². The van der Waals surface area contributed by atoms with Gasteiger partial charge in [-0.1, -0.05) is 12.1 Å². The highest BCUT2D eigenvalue weighted by Gasteiger charge is 2.09. The van der Waals surface area contributed by atoms with E-state index >= 15 is 0 Å². The standard InChI is InChI=1S/C10H8FN3O2/c11-7-3-1-2-4-8(7)14-6-12-9(13-14)5-10(15)16/h1-4,6H,5H2,(H,15,16). The third-order valence-corrected chi connectivity index (χ3v) is 1.95. The Labute approximate surface area is 90.2 Å². The number of carboxylic acids is 1. The first kappa shape index (κ1) is 10.3. The van der Waals surface area contributed by atoms with E-state index in [1.807, 2.05) is 0 Å². The Bertz CT molecular complexity index is 524. The molecule has 0 radical (unpaired) electrons. The number of benzene rings is 1. The molecule has 2 rings (SSSR count). The minimum absolute atomic E-state index is 0.149. The zero-order valence-corrected chi connectivity index (χ0v) is 8.17. The van der Waals surface area contributed by atoms with Gasteiger partial charge in [0.15, 0.2) is 5.82 Å². The summed E-state index contributed by atoms with van der Waals surface area (Å²) in [6.07, 6.45) is 1.01. The van der Waals surface area contributed by atoms with Crippen LogP contribution >= 0.6 is 0 Å². The lowest BCUT2D eigenvalue weighted by atomic mass is 10.3. The van der Waals surface area contributed by atoms with Crippen molar-refractivity contribution in [3.05, 3.63) is 42.2 Å². The molecule has 82 valence electrons. The predicted molar refractivity (Wildman–Crippen MR) is 52.7 cm³/mol. The van der Waals surface area contributed by atoms with Crippen LogP contribution in [0.5, 0.6) is 0 Å². The van der Waals surface area contributed by atoms with Crippen molar-refractivity contribution >= 4 is 5.97 Å². The van der Waals surface area contributed by atoms with Gasteiger partial charge in [-0.15, -0.1) is 0 Å². The number of nitrogens with zero attached hydrogens (tertiary/aromatic N) is 3. The molecule has 5 nitrogen and oxygen atoms in total. The summed E-state index contributed by atoms with van der Waals surface area (Å²) in [7, 11) is 0. The maximum atomic E-state index is 13.3. The Morgan fingerprint density at radius 3 is 2.88 bits per heavy atom. The zero-order chi connectivity index (χ0) is 11.5. The predicted octanol–water partition coefficient (Wildman–Crippen LogP) is 1.03. The molecule has 0 atom stereocenters. The first-order valence-electron chi connectivity index (χ1n) is 4.54. The van der Waals surface area contributed by atoms with Gasteiger partial charge < -0.3 is 5.11 Å². The lowest BCUT2D eigenvalue weighted by Crippen LogP contribution is -2.04. The average Bonchev–Trinajstić information content (AvgIpc) is 2.66. The molecular formula is C10H8FN3O2. The number of hydrogen-bond donors (Lipinski definition) is 1. The largest absolute Gasteiger partial charge is 0.481 e. The topological polar surface area (TPSA) is 68.0 Å². The van der Waals surface area contributed by atoms with Gasteiger partial charge in [-0.2, -0.15) is 5.10 Å². The molecule has 1 N–H and O–H groups in total. The number of hydrogen-bond acceptors (Lipinski definition) is 3. The molecule has 6 heteroatoms. The Hall–Kier alpha value is -2.24. The number of aliphatic carboxylic acids is 1. The normalized spacial score (nSPS) is 10.3. The minimum atomic E-state index is -1.02. The second kappa shape index (κ2) is 4.09. The smallest absolute Gasteiger partial charge is 0.311 e. The van der Waals surface area contributed by atoms with E-state index in [0.717, 1.165) is 0 Å². The number of rotatable bonds is 3. The van der Waals surface area contributed by atoms with Crippen LogP contribution in [0.4, 0.5) is 4.39 Å². The van der Waals surface area contributed by atoms with E-state index in [-0.39, 0.29) is 17.9 Å².